The highest BCUT2D eigenvalue weighted by Crippen LogP contribution is 2.28. The zero-order valence-electron chi connectivity index (χ0n) is 10.2. The van der Waals surface area contributed by atoms with Gasteiger partial charge in [-0.3, -0.25) is 0 Å². The molecule has 1 aromatic carbocycles. The minimum absolute atomic E-state index is 0.721. The second-order valence-electron chi connectivity index (χ2n) is 5.19. The van der Waals surface area contributed by atoms with E-state index >= 15 is 0 Å². The van der Waals surface area contributed by atoms with Gasteiger partial charge in [-0.1, -0.05) is 12.1 Å². The van der Waals surface area contributed by atoms with Gasteiger partial charge in [-0.05, 0) is 62.4 Å². The van der Waals surface area contributed by atoms with E-state index < -0.39 is 0 Å². The van der Waals surface area contributed by atoms with Crippen molar-refractivity contribution in [3.63, 3.8) is 0 Å². The predicted molar refractivity (Wildman–Crippen MR) is 67.8 cm³/mol. The smallest absolute Gasteiger partial charge is 0.0994 e. The number of hydrogen-bond donors (Lipinski definition) is 0. The Hall–Kier alpha value is -1.33. The van der Waals surface area contributed by atoms with Crippen LogP contribution < -0.4 is 0 Å². The molecule has 88 valence electrons. The SMILES string of the molecule is N#Cc1cccc2c1CCC(N1CCCC1)C2. The summed E-state index contributed by atoms with van der Waals surface area (Å²) in [6.45, 7) is 2.55. The highest BCUT2D eigenvalue weighted by atomic mass is 15.2. The molecule has 1 heterocycles. The van der Waals surface area contributed by atoms with E-state index in [1.165, 1.54) is 43.5 Å². The first-order valence-electron chi connectivity index (χ1n) is 6.63. The standard InChI is InChI=1S/C15H18N2/c16-11-13-5-3-4-12-10-14(6-7-15(12)13)17-8-1-2-9-17/h3-5,14H,1-2,6-10H2. The van der Waals surface area contributed by atoms with Gasteiger partial charge in [-0.25, -0.2) is 0 Å². The van der Waals surface area contributed by atoms with Gasteiger partial charge in [-0.2, -0.15) is 5.26 Å². The fraction of sp³-hybridized carbons (Fsp3) is 0.533. The lowest BCUT2D eigenvalue weighted by atomic mass is 9.85. The molecular formula is C15H18N2. The Kier molecular flexibility index (Phi) is 2.86. The van der Waals surface area contributed by atoms with Crippen molar-refractivity contribution in [2.24, 2.45) is 0 Å². The molecule has 2 aliphatic rings. The largest absolute Gasteiger partial charge is 0.300 e. The third kappa shape index (κ3) is 1.96. The summed E-state index contributed by atoms with van der Waals surface area (Å²) in [4.78, 5) is 2.64. The molecular weight excluding hydrogens is 208 g/mol. The minimum Gasteiger partial charge on any atom is -0.300 e. The van der Waals surface area contributed by atoms with Crippen LogP contribution in [-0.4, -0.2) is 24.0 Å². The second-order valence-corrected chi connectivity index (χ2v) is 5.19. The highest BCUT2D eigenvalue weighted by Gasteiger charge is 2.26. The van der Waals surface area contributed by atoms with Crippen LogP contribution >= 0.6 is 0 Å². The van der Waals surface area contributed by atoms with Crippen molar-refractivity contribution in [3.05, 3.63) is 34.9 Å². The number of hydrogen-bond acceptors (Lipinski definition) is 2. The third-order valence-electron chi connectivity index (χ3n) is 4.23. The van der Waals surface area contributed by atoms with Crippen molar-refractivity contribution in [1.29, 1.82) is 5.26 Å². The lowest BCUT2D eigenvalue weighted by molar-refractivity contribution is 0.222. The average molecular weight is 226 g/mol. The summed E-state index contributed by atoms with van der Waals surface area (Å²) in [5.41, 5.74) is 3.61. The molecule has 1 saturated heterocycles. The Balaban J connectivity index is 1.83. The fourth-order valence-corrected chi connectivity index (χ4v) is 3.31. The maximum atomic E-state index is 9.11. The van der Waals surface area contributed by atoms with Crippen molar-refractivity contribution in [3.8, 4) is 6.07 Å². The summed E-state index contributed by atoms with van der Waals surface area (Å²) in [5, 5.41) is 9.11. The minimum atomic E-state index is 0.721. The summed E-state index contributed by atoms with van der Waals surface area (Å²) >= 11 is 0. The lowest BCUT2D eigenvalue weighted by Gasteiger charge is -2.32. The van der Waals surface area contributed by atoms with Gasteiger partial charge in [0, 0.05) is 6.04 Å². The number of likely N-dealkylation sites (tertiary alicyclic amines) is 1. The van der Waals surface area contributed by atoms with Crippen LogP contribution in [0.4, 0.5) is 0 Å². The van der Waals surface area contributed by atoms with Crippen LogP contribution in [0.1, 0.15) is 36.0 Å². The summed E-state index contributed by atoms with van der Waals surface area (Å²) in [6.07, 6.45) is 6.18. The van der Waals surface area contributed by atoms with Crippen LogP contribution in [0.25, 0.3) is 0 Å². The molecule has 1 aliphatic heterocycles. The molecule has 1 aromatic rings. The highest BCUT2D eigenvalue weighted by molar-refractivity contribution is 5.44. The van der Waals surface area contributed by atoms with Crippen molar-refractivity contribution in [2.75, 3.05) is 13.1 Å². The molecule has 17 heavy (non-hydrogen) atoms. The third-order valence-corrected chi connectivity index (χ3v) is 4.23. The molecule has 0 saturated carbocycles. The van der Waals surface area contributed by atoms with Crippen LogP contribution in [0, 0.1) is 11.3 Å². The van der Waals surface area contributed by atoms with Crippen LogP contribution in [0.2, 0.25) is 0 Å². The van der Waals surface area contributed by atoms with E-state index in [4.69, 9.17) is 5.26 Å². The average Bonchev–Trinajstić information content (AvgIpc) is 2.91. The lowest BCUT2D eigenvalue weighted by Crippen LogP contribution is -2.37. The second kappa shape index (κ2) is 4.50. The molecule has 0 radical (unpaired) electrons. The van der Waals surface area contributed by atoms with Crippen LogP contribution in [-0.2, 0) is 12.8 Å². The number of fused-ring (bicyclic) bond motifs is 1. The quantitative estimate of drug-likeness (QED) is 0.735. The Morgan fingerprint density at radius 1 is 1.24 bits per heavy atom. The molecule has 0 spiro atoms. The van der Waals surface area contributed by atoms with Gasteiger partial charge in [0.2, 0.25) is 0 Å². The topological polar surface area (TPSA) is 27.0 Å². The number of nitriles is 1. The molecule has 1 aliphatic carbocycles. The monoisotopic (exact) mass is 226 g/mol. The van der Waals surface area contributed by atoms with Gasteiger partial charge < -0.3 is 4.90 Å². The molecule has 0 bridgehead atoms. The van der Waals surface area contributed by atoms with Crippen LogP contribution in [0.5, 0.6) is 0 Å². The van der Waals surface area contributed by atoms with Crippen molar-refractivity contribution < 1.29 is 0 Å². The van der Waals surface area contributed by atoms with Gasteiger partial charge in [-0.15, -0.1) is 0 Å². The van der Waals surface area contributed by atoms with Gasteiger partial charge in [0.15, 0.2) is 0 Å². The van der Waals surface area contributed by atoms with E-state index in [-0.39, 0.29) is 0 Å². The van der Waals surface area contributed by atoms with E-state index in [1.807, 2.05) is 12.1 Å². The zero-order valence-corrected chi connectivity index (χ0v) is 10.2. The Morgan fingerprint density at radius 2 is 2.06 bits per heavy atom. The zero-order chi connectivity index (χ0) is 11.7. The molecule has 0 aromatic heterocycles. The molecule has 0 N–H and O–H groups in total. The fourth-order valence-electron chi connectivity index (χ4n) is 3.31. The molecule has 3 rings (SSSR count). The molecule has 1 atom stereocenters. The summed E-state index contributed by atoms with van der Waals surface area (Å²) in [6, 6.07) is 9.24. The summed E-state index contributed by atoms with van der Waals surface area (Å²) in [7, 11) is 0. The molecule has 1 unspecified atom stereocenters. The first-order valence-corrected chi connectivity index (χ1v) is 6.63. The predicted octanol–water partition coefficient (Wildman–Crippen LogP) is 2.51. The number of rotatable bonds is 1. The normalized spacial score (nSPS) is 24.3. The van der Waals surface area contributed by atoms with Crippen molar-refractivity contribution in [1.82, 2.24) is 4.90 Å². The van der Waals surface area contributed by atoms with Crippen LogP contribution in [0.15, 0.2) is 18.2 Å². The van der Waals surface area contributed by atoms with Gasteiger partial charge in [0.25, 0.3) is 0 Å². The molecule has 2 nitrogen and oxygen atoms in total. The molecule has 0 amide bonds. The van der Waals surface area contributed by atoms with E-state index in [9.17, 15) is 0 Å². The maximum Gasteiger partial charge on any atom is 0.0994 e. The van der Waals surface area contributed by atoms with Gasteiger partial charge in [0.05, 0.1) is 11.6 Å². The van der Waals surface area contributed by atoms with E-state index in [0.29, 0.717) is 0 Å². The van der Waals surface area contributed by atoms with Crippen LogP contribution in [0.3, 0.4) is 0 Å². The van der Waals surface area contributed by atoms with E-state index in [1.54, 1.807) is 0 Å². The maximum absolute atomic E-state index is 9.11. The summed E-state index contributed by atoms with van der Waals surface area (Å²) < 4.78 is 0. The Morgan fingerprint density at radius 3 is 2.82 bits per heavy atom. The Labute approximate surface area is 103 Å². The van der Waals surface area contributed by atoms with Crippen molar-refractivity contribution >= 4 is 0 Å². The van der Waals surface area contributed by atoms with E-state index in [0.717, 1.165) is 24.4 Å². The van der Waals surface area contributed by atoms with Crippen molar-refractivity contribution in [2.45, 2.75) is 38.1 Å². The number of nitrogens with zero attached hydrogens (tertiary/aromatic N) is 2. The summed E-state index contributed by atoms with van der Waals surface area (Å²) in [5.74, 6) is 0. The molecule has 1 fully saturated rings. The van der Waals surface area contributed by atoms with Gasteiger partial charge in [0.1, 0.15) is 0 Å². The van der Waals surface area contributed by atoms with E-state index in [2.05, 4.69) is 17.0 Å². The number of benzene rings is 1. The first kappa shape index (κ1) is 10.8. The van der Waals surface area contributed by atoms with Gasteiger partial charge >= 0.3 is 0 Å². The first-order chi connectivity index (χ1) is 8.38. The molecule has 2 heteroatoms. The Bertz CT molecular complexity index is 452.